The molecule has 132 valence electrons. The SMILES string of the molecule is CCN(C)C(=N)NC(=N)NP1(=O)OCCC(c2cccc(Cl)c2)O1. The van der Waals surface area contributed by atoms with Crippen LogP contribution in [0.3, 0.4) is 0 Å². The fourth-order valence-electron chi connectivity index (χ4n) is 2.06. The van der Waals surface area contributed by atoms with Crippen molar-refractivity contribution in [1.82, 2.24) is 15.3 Å². The number of halogens is 1. The Morgan fingerprint density at radius 1 is 1.50 bits per heavy atom. The maximum atomic E-state index is 12.7. The van der Waals surface area contributed by atoms with Gasteiger partial charge in [-0.1, -0.05) is 23.7 Å². The molecule has 1 aliphatic rings. The number of hydrogen-bond donors (Lipinski definition) is 4. The Kier molecular flexibility index (Phi) is 6.23. The maximum absolute atomic E-state index is 12.7. The van der Waals surface area contributed by atoms with Crippen molar-refractivity contribution in [2.45, 2.75) is 19.4 Å². The van der Waals surface area contributed by atoms with Gasteiger partial charge in [-0.25, -0.2) is 4.57 Å². The Morgan fingerprint density at radius 2 is 2.25 bits per heavy atom. The fraction of sp³-hybridized carbons (Fsp3) is 0.429. The van der Waals surface area contributed by atoms with E-state index < -0.39 is 13.9 Å². The predicted octanol–water partition coefficient (Wildman–Crippen LogP) is 2.93. The van der Waals surface area contributed by atoms with Gasteiger partial charge in [0.1, 0.15) is 0 Å². The van der Waals surface area contributed by atoms with Gasteiger partial charge >= 0.3 is 7.75 Å². The second kappa shape index (κ2) is 7.98. The van der Waals surface area contributed by atoms with Gasteiger partial charge < -0.3 is 4.90 Å². The zero-order valence-electron chi connectivity index (χ0n) is 13.5. The van der Waals surface area contributed by atoms with Gasteiger partial charge in [0, 0.05) is 25.0 Å². The van der Waals surface area contributed by atoms with E-state index >= 15 is 0 Å². The Morgan fingerprint density at radius 3 is 2.92 bits per heavy atom. The molecular formula is C14H21ClN5O3P. The number of nitrogens with one attached hydrogen (secondary N) is 4. The summed E-state index contributed by atoms with van der Waals surface area (Å²) in [5.41, 5.74) is 0.797. The average molecular weight is 374 g/mol. The van der Waals surface area contributed by atoms with Crippen LogP contribution in [0.25, 0.3) is 0 Å². The molecule has 24 heavy (non-hydrogen) atoms. The van der Waals surface area contributed by atoms with Crippen LogP contribution in [0.1, 0.15) is 25.0 Å². The summed E-state index contributed by atoms with van der Waals surface area (Å²) < 4.78 is 23.4. The third kappa shape index (κ3) is 4.95. The first-order valence-electron chi connectivity index (χ1n) is 7.45. The van der Waals surface area contributed by atoms with Crippen molar-refractivity contribution in [2.24, 2.45) is 0 Å². The van der Waals surface area contributed by atoms with Crippen LogP contribution in [0.15, 0.2) is 24.3 Å². The third-order valence-corrected chi connectivity index (χ3v) is 5.26. The Balaban J connectivity index is 2.00. The van der Waals surface area contributed by atoms with Crippen molar-refractivity contribution in [3.05, 3.63) is 34.9 Å². The lowest BCUT2D eigenvalue weighted by Gasteiger charge is -2.30. The second-order valence-electron chi connectivity index (χ2n) is 5.24. The van der Waals surface area contributed by atoms with Crippen molar-refractivity contribution in [1.29, 1.82) is 10.8 Å². The van der Waals surface area contributed by atoms with Crippen molar-refractivity contribution in [3.8, 4) is 0 Å². The summed E-state index contributed by atoms with van der Waals surface area (Å²) in [5.74, 6) is -0.319. The standard InChI is InChI=1S/C14H21ClN5O3P/c1-3-20(2)14(17)18-13(16)19-24(21)22-8-7-12(23-24)10-5-4-6-11(15)9-10/h4-6,9,12H,3,7-8H2,1-2H3,(H4,16,17,18,19,21). The average Bonchev–Trinajstić information content (AvgIpc) is 2.53. The first-order valence-corrected chi connectivity index (χ1v) is 9.37. The zero-order valence-corrected chi connectivity index (χ0v) is 15.2. The summed E-state index contributed by atoms with van der Waals surface area (Å²) in [4.78, 5) is 1.59. The number of nitrogens with zero attached hydrogens (tertiary/aromatic N) is 1. The molecule has 0 bridgehead atoms. The summed E-state index contributed by atoms with van der Waals surface area (Å²) in [6.45, 7) is 2.69. The second-order valence-corrected chi connectivity index (χ2v) is 7.37. The molecule has 8 nitrogen and oxygen atoms in total. The van der Waals surface area contributed by atoms with Gasteiger partial charge in [0.2, 0.25) is 5.96 Å². The molecule has 1 aromatic rings. The monoisotopic (exact) mass is 373 g/mol. The van der Waals surface area contributed by atoms with E-state index in [1.165, 1.54) is 0 Å². The Labute approximate surface area is 146 Å². The highest BCUT2D eigenvalue weighted by Gasteiger charge is 2.35. The quantitative estimate of drug-likeness (QED) is 0.368. The van der Waals surface area contributed by atoms with Crippen LogP contribution in [-0.4, -0.2) is 37.0 Å². The number of benzene rings is 1. The molecule has 2 atom stereocenters. The predicted molar refractivity (Wildman–Crippen MR) is 93.5 cm³/mol. The summed E-state index contributed by atoms with van der Waals surface area (Å²) >= 11 is 5.98. The van der Waals surface area contributed by atoms with E-state index in [1.807, 2.05) is 13.0 Å². The summed E-state index contributed by atoms with van der Waals surface area (Å²) in [7, 11) is -1.99. The van der Waals surface area contributed by atoms with Crippen LogP contribution in [0.2, 0.25) is 5.02 Å². The molecule has 1 aromatic carbocycles. The number of hydrogen-bond acceptors (Lipinski definition) is 5. The van der Waals surface area contributed by atoms with Gasteiger partial charge in [-0.3, -0.25) is 30.3 Å². The molecule has 0 amide bonds. The molecule has 1 fully saturated rings. The third-order valence-electron chi connectivity index (χ3n) is 3.48. The molecule has 0 aromatic heterocycles. The van der Waals surface area contributed by atoms with Crippen LogP contribution >= 0.6 is 19.3 Å². The summed E-state index contributed by atoms with van der Waals surface area (Å²) in [5, 5.41) is 21.0. The van der Waals surface area contributed by atoms with Crippen molar-refractivity contribution in [3.63, 3.8) is 0 Å². The normalized spacial score (nSPS) is 23.4. The lowest BCUT2D eigenvalue weighted by molar-refractivity contribution is 0.0785. The Bertz CT molecular complexity index is 672. The van der Waals surface area contributed by atoms with Crippen molar-refractivity contribution < 1.29 is 13.6 Å². The van der Waals surface area contributed by atoms with Crippen molar-refractivity contribution >= 4 is 31.3 Å². The Hall–Kier alpha value is -1.60. The lowest BCUT2D eigenvalue weighted by atomic mass is 10.1. The molecule has 0 radical (unpaired) electrons. The van der Waals surface area contributed by atoms with E-state index in [0.29, 0.717) is 18.0 Å². The van der Waals surface area contributed by atoms with Crippen LogP contribution < -0.4 is 10.4 Å². The van der Waals surface area contributed by atoms with E-state index in [-0.39, 0.29) is 18.5 Å². The van der Waals surface area contributed by atoms with Gasteiger partial charge in [-0.2, -0.15) is 0 Å². The van der Waals surface area contributed by atoms with E-state index in [0.717, 1.165) is 5.56 Å². The van der Waals surface area contributed by atoms with Gasteiger partial charge in [-0.05, 0) is 24.6 Å². The molecule has 4 N–H and O–H groups in total. The van der Waals surface area contributed by atoms with Crippen LogP contribution in [0.4, 0.5) is 0 Å². The number of rotatable bonds is 3. The maximum Gasteiger partial charge on any atom is 0.435 e. The molecule has 2 rings (SSSR count). The molecule has 1 heterocycles. The molecule has 1 saturated heterocycles. The van der Waals surface area contributed by atoms with Gasteiger partial charge in [0.05, 0.1) is 12.7 Å². The minimum absolute atomic E-state index is 0.00463. The van der Waals surface area contributed by atoms with Gasteiger partial charge in [-0.15, -0.1) is 0 Å². The van der Waals surface area contributed by atoms with Gasteiger partial charge in [0.15, 0.2) is 5.96 Å². The minimum atomic E-state index is -3.70. The highest BCUT2D eigenvalue weighted by atomic mass is 35.5. The minimum Gasteiger partial charge on any atom is -0.346 e. The lowest BCUT2D eigenvalue weighted by Crippen LogP contribution is -2.46. The highest BCUT2D eigenvalue weighted by molar-refractivity contribution is 7.52. The molecular weight excluding hydrogens is 353 g/mol. The van der Waals surface area contributed by atoms with Crippen LogP contribution in [0, 0.1) is 10.8 Å². The van der Waals surface area contributed by atoms with E-state index in [1.54, 1.807) is 30.1 Å². The smallest absolute Gasteiger partial charge is 0.346 e. The first kappa shape index (κ1) is 18.7. The van der Waals surface area contributed by atoms with E-state index in [9.17, 15) is 4.57 Å². The molecule has 10 heteroatoms. The van der Waals surface area contributed by atoms with Crippen molar-refractivity contribution in [2.75, 3.05) is 20.2 Å². The van der Waals surface area contributed by atoms with E-state index in [2.05, 4.69) is 10.4 Å². The van der Waals surface area contributed by atoms with Crippen LogP contribution in [0.5, 0.6) is 0 Å². The largest absolute Gasteiger partial charge is 0.435 e. The van der Waals surface area contributed by atoms with Crippen LogP contribution in [-0.2, 0) is 13.6 Å². The molecule has 0 saturated carbocycles. The first-order chi connectivity index (χ1) is 11.3. The molecule has 0 spiro atoms. The highest BCUT2D eigenvalue weighted by Crippen LogP contribution is 2.52. The molecule has 2 unspecified atom stereocenters. The van der Waals surface area contributed by atoms with E-state index in [4.69, 9.17) is 31.5 Å². The number of guanidine groups is 2. The molecule has 1 aliphatic heterocycles. The summed E-state index contributed by atoms with van der Waals surface area (Å²) in [6, 6.07) is 7.12. The topological polar surface area (TPSA) is 111 Å². The summed E-state index contributed by atoms with van der Waals surface area (Å²) in [6.07, 6.45) is 0.0857. The van der Waals surface area contributed by atoms with Gasteiger partial charge in [0.25, 0.3) is 0 Å². The molecule has 0 aliphatic carbocycles. The fourth-order valence-corrected chi connectivity index (χ4v) is 3.67. The zero-order chi connectivity index (χ0) is 17.7.